The summed E-state index contributed by atoms with van der Waals surface area (Å²) in [6, 6.07) is 4.73. The van der Waals surface area contributed by atoms with E-state index in [0.717, 1.165) is 32.1 Å². The van der Waals surface area contributed by atoms with E-state index in [2.05, 4.69) is 24.1 Å². The lowest BCUT2D eigenvalue weighted by molar-refractivity contribution is -0.154. The van der Waals surface area contributed by atoms with E-state index in [-0.39, 0.29) is 37.1 Å². The molecular weight excluding hydrogens is 568 g/mol. The number of hydrogen-bond donors (Lipinski definition) is 3. The number of allylic oxidation sites excluding steroid dienone is 1. The fraction of sp³-hybridized carbons (Fsp3) is 0.647. The van der Waals surface area contributed by atoms with Gasteiger partial charge in [0.1, 0.15) is 18.2 Å². The molecule has 0 aliphatic carbocycles. The number of aliphatic carboxylic acids is 1. The van der Waals surface area contributed by atoms with Crippen LogP contribution in [0.1, 0.15) is 104 Å². The topological polar surface area (TPSA) is 122 Å². The van der Waals surface area contributed by atoms with Gasteiger partial charge >= 0.3 is 11.9 Å². The number of hydrogen-bond acceptors (Lipinski definition) is 5. The minimum absolute atomic E-state index is 0.0834. The van der Waals surface area contributed by atoms with Crippen molar-refractivity contribution in [3.8, 4) is 0 Å². The quantitative estimate of drug-likeness (QED) is 0.0738. The van der Waals surface area contributed by atoms with Crippen molar-refractivity contribution in [2.75, 3.05) is 0 Å². The highest BCUT2D eigenvalue weighted by Crippen LogP contribution is 2.24. The van der Waals surface area contributed by atoms with Crippen LogP contribution < -0.4 is 10.6 Å². The first-order valence-corrected chi connectivity index (χ1v) is 16.2. The second-order valence-electron chi connectivity index (χ2n) is 11.9. The summed E-state index contributed by atoms with van der Waals surface area (Å²) in [5.41, 5.74) is 0.705. The normalized spacial score (nSPS) is 15.3. The van der Waals surface area contributed by atoms with Crippen LogP contribution in [-0.4, -0.2) is 47.0 Å². The molecule has 0 spiro atoms. The standard InChI is InChI=1S/C34H53ClN2O6/c1-7-10-11-15-26(9-3)16-12-14-24(5)30(43-32(39)19-23(4)8-2)22-31(38)37-29(33(40)36-25(6)34(41)42)21-27-17-13-18-28(35)20-27/h9,13,17-18,20,23-26,29-30H,3,7-8,10-12,14-16,19,21-22H2,1-2,4-6H3,(H,36,40)(H,37,38)(H,41,42)/t23?,24-,25?,26?,29?,30?/m0/s1. The Morgan fingerprint density at radius 2 is 1.70 bits per heavy atom. The molecule has 0 heterocycles. The summed E-state index contributed by atoms with van der Waals surface area (Å²) in [6.07, 6.45) is 9.81. The minimum atomic E-state index is -1.19. The number of amides is 2. The second-order valence-corrected chi connectivity index (χ2v) is 12.3. The number of carbonyl (C=O) groups excluding carboxylic acids is 3. The predicted octanol–water partition coefficient (Wildman–Crippen LogP) is 6.88. The zero-order chi connectivity index (χ0) is 32.4. The molecule has 242 valence electrons. The third-order valence-electron chi connectivity index (χ3n) is 7.97. The van der Waals surface area contributed by atoms with Crippen molar-refractivity contribution in [1.82, 2.24) is 10.6 Å². The number of unbranched alkanes of at least 4 members (excludes halogenated alkanes) is 2. The molecular formula is C34H53ClN2O6. The van der Waals surface area contributed by atoms with Gasteiger partial charge in [0.2, 0.25) is 11.8 Å². The van der Waals surface area contributed by atoms with Crippen LogP contribution in [0.2, 0.25) is 5.02 Å². The summed E-state index contributed by atoms with van der Waals surface area (Å²) in [6.45, 7) is 13.5. The van der Waals surface area contributed by atoms with Crippen LogP contribution in [0.25, 0.3) is 0 Å². The Morgan fingerprint density at radius 3 is 2.30 bits per heavy atom. The molecule has 0 radical (unpaired) electrons. The van der Waals surface area contributed by atoms with E-state index in [9.17, 15) is 24.3 Å². The van der Waals surface area contributed by atoms with Crippen LogP contribution in [0, 0.1) is 17.8 Å². The van der Waals surface area contributed by atoms with Crippen LogP contribution in [-0.2, 0) is 30.3 Å². The Labute approximate surface area is 263 Å². The maximum Gasteiger partial charge on any atom is 0.325 e. The highest BCUT2D eigenvalue weighted by atomic mass is 35.5. The summed E-state index contributed by atoms with van der Waals surface area (Å²) >= 11 is 6.12. The van der Waals surface area contributed by atoms with Crippen LogP contribution in [0.4, 0.5) is 0 Å². The molecule has 1 aromatic rings. The largest absolute Gasteiger partial charge is 0.480 e. The molecule has 0 aliphatic rings. The van der Waals surface area contributed by atoms with E-state index in [4.69, 9.17) is 16.3 Å². The van der Waals surface area contributed by atoms with Gasteiger partial charge in [-0.2, -0.15) is 0 Å². The van der Waals surface area contributed by atoms with Gasteiger partial charge in [0.15, 0.2) is 0 Å². The Hall–Kier alpha value is -2.87. The predicted molar refractivity (Wildman–Crippen MR) is 172 cm³/mol. The molecule has 0 fully saturated rings. The fourth-order valence-electron chi connectivity index (χ4n) is 4.85. The number of rotatable bonds is 22. The molecule has 0 aromatic heterocycles. The molecule has 3 N–H and O–H groups in total. The average molecular weight is 621 g/mol. The van der Waals surface area contributed by atoms with Gasteiger partial charge in [0, 0.05) is 17.9 Å². The zero-order valence-electron chi connectivity index (χ0n) is 26.7. The SMILES string of the molecule is C=CC(CCCCC)CCC[C@H](C)C(CC(=O)NC(Cc1cccc(Cl)c1)C(=O)NC(C)C(=O)O)OC(=O)CC(C)CC. The summed E-state index contributed by atoms with van der Waals surface area (Å²) in [4.78, 5) is 50.5. The van der Waals surface area contributed by atoms with Crippen molar-refractivity contribution in [3.05, 3.63) is 47.5 Å². The van der Waals surface area contributed by atoms with Gasteiger partial charge < -0.3 is 20.5 Å². The molecule has 9 heteroatoms. The molecule has 5 unspecified atom stereocenters. The van der Waals surface area contributed by atoms with Crippen molar-refractivity contribution < 1.29 is 29.0 Å². The summed E-state index contributed by atoms with van der Waals surface area (Å²) in [5.74, 6) is -2.09. The lowest BCUT2D eigenvalue weighted by Gasteiger charge is -2.26. The van der Waals surface area contributed by atoms with E-state index in [1.165, 1.54) is 26.2 Å². The number of carboxylic acids is 1. The molecule has 1 rings (SSSR count). The number of carbonyl (C=O) groups is 4. The number of carboxylic acid groups (broad SMARTS) is 1. The highest BCUT2D eigenvalue weighted by Gasteiger charge is 2.29. The maximum absolute atomic E-state index is 13.3. The van der Waals surface area contributed by atoms with E-state index in [0.29, 0.717) is 16.5 Å². The number of benzene rings is 1. The number of ether oxygens (including phenoxy) is 1. The van der Waals surface area contributed by atoms with E-state index in [1.54, 1.807) is 24.3 Å². The lowest BCUT2D eigenvalue weighted by atomic mass is 9.90. The first-order chi connectivity index (χ1) is 20.4. The minimum Gasteiger partial charge on any atom is -0.480 e. The molecule has 2 amide bonds. The molecule has 43 heavy (non-hydrogen) atoms. The van der Waals surface area contributed by atoms with Gasteiger partial charge in [0.25, 0.3) is 0 Å². The summed E-state index contributed by atoms with van der Waals surface area (Å²) in [7, 11) is 0. The lowest BCUT2D eigenvalue weighted by Crippen LogP contribution is -2.52. The molecule has 1 aromatic carbocycles. The van der Waals surface area contributed by atoms with Gasteiger partial charge in [-0.15, -0.1) is 6.58 Å². The van der Waals surface area contributed by atoms with Crippen molar-refractivity contribution in [3.63, 3.8) is 0 Å². The third kappa shape index (κ3) is 16.0. The smallest absolute Gasteiger partial charge is 0.325 e. The molecule has 0 bridgehead atoms. The Balaban J connectivity index is 3.02. The Bertz CT molecular complexity index is 1030. The van der Waals surface area contributed by atoms with Crippen LogP contribution in [0.5, 0.6) is 0 Å². The average Bonchev–Trinajstić information content (AvgIpc) is 2.95. The Kier molecular flexibility index (Phi) is 18.6. The van der Waals surface area contributed by atoms with Crippen molar-refractivity contribution >= 4 is 35.4 Å². The maximum atomic E-state index is 13.3. The van der Waals surface area contributed by atoms with Crippen molar-refractivity contribution in [2.24, 2.45) is 17.8 Å². The van der Waals surface area contributed by atoms with Gasteiger partial charge in [-0.05, 0) is 61.6 Å². The Morgan fingerprint density at radius 1 is 1.00 bits per heavy atom. The fourth-order valence-corrected chi connectivity index (χ4v) is 5.06. The van der Waals surface area contributed by atoms with Crippen LogP contribution in [0.3, 0.4) is 0 Å². The molecule has 0 saturated heterocycles. The number of nitrogens with one attached hydrogen (secondary N) is 2. The number of halogens is 1. The summed E-state index contributed by atoms with van der Waals surface area (Å²) in [5, 5.41) is 14.9. The summed E-state index contributed by atoms with van der Waals surface area (Å²) < 4.78 is 5.88. The van der Waals surface area contributed by atoms with Crippen molar-refractivity contribution in [1.29, 1.82) is 0 Å². The zero-order valence-corrected chi connectivity index (χ0v) is 27.5. The first-order valence-electron chi connectivity index (χ1n) is 15.8. The van der Waals surface area contributed by atoms with Crippen molar-refractivity contribution in [2.45, 2.75) is 123 Å². The molecule has 0 aliphatic heterocycles. The van der Waals surface area contributed by atoms with E-state index < -0.39 is 36.0 Å². The number of esters is 1. The van der Waals surface area contributed by atoms with Gasteiger partial charge in [-0.25, -0.2) is 0 Å². The van der Waals surface area contributed by atoms with E-state index in [1.807, 2.05) is 26.8 Å². The van der Waals surface area contributed by atoms with Crippen LogP contribution in [0.15, 0.2) is 36.9 Å². The van der Waals surface area contributed by atoms with Gasteiger partial charge in [-0.3, -0.25) is 19.2 Å². The third-order valence-corrected chi connectivity index (χ3v) is 8.21. The monoisotopic (exact) mass is 620 g/mol. The molecule has 0 saturated carbocycles. The first kappa shape index (κ1) is 38.2. The van der Waals surface area contributed by atoms with Crippen LogP contribution >= 0.6 is 11.6 Å². The molecule has 8 nitrogen and oxygen atoms in total. The van der Waals surface area contributed by atoms with Gasteiger partial charge in [0.05, 0.1) is 6.42 Å². The van der Waals surface area contributed by atoms with Gasteiger partial charge in [-0.1, -0.05) is 89.6 Å². The highest BCUT2D eigenvalue weighted by molar-refractivity contribution is 6.30. The molecule has 6 atom stereocenters. The van der Waals surface area contributed by atoms with E-state index >= 15 is 0 Å². The second kappa shape index (κ2) is 20.9.